The molecule has 2 heterocycles. The minimum absolute atomic E-state index is 0.00213. The zero-order chi connectivity index (χ0) is 22.7. The standard InChI is InChI=1S/C23H27FN4O2S2/c1-27(2)13-21(29)32-20-9-10-28(12-16(20)11-17-14-31-26-25-17)22(23(30)15-7-8-15)18-5-3-4-6-19(18)24/h3-6,11,14-15,20,22H,7-10,12-13H2,1-2H3. The SMILES string of the molecule is CN(C)CC(=O)SC1CCN(C(C(=O)C2CC2)c2ccccc2F)CC1=Cc1csnn1. The van der Waals surface area contributed by atoms with E-state index in [-0.39, 0.29) is 27.9 Å². The zero-order valence-corrected chi connectivity index (χ0v) is 19.9. The first-order valence-corrected chi connectivity index (χ1v) is 12.5. The topological polar surface area (TPSA) is 66.4 Å². The third kappa shape index (κ3) is 5.70. The molecule has 2 atom stereocenters. The van der Waals surface area contributed by atoms with E-state index in [1.165, 1.54) is 29.4 Å². The van der Waals surface area contributed by atoms with Crippen molar-refractivity contribution in [1.29, 1.82) is 0 Å². The number of ketones is 1. The summed E-state index contributed by atoms with van der Waals surface area (Å²) in [5.74, 6) is -0.235. The Morgan fingerprint density at radius 1 is 1.31 bits per heavy atom. The normalized spacial score (nSPS) is 21.8. The van der Waals surface area contributed by atoms with Gasteiger partial charge < -0.3 is 4.90 Å². The number of carbonyl (C=O) groups is 2. The van der Waals surface area contributed by atoms with Crippen molar-refractivity contribution in [2.24, 2.45) is 5.92 Å². The Morgan fingerprint density at radius 3 is 2.75 bits per heavy atom. The Morgan fingerprint density at radius 2 is 2.09 bits per heavy atom. The summed E-state index contributed by atoms with van der Waals surface area (Å²) in [6.45, 7) is 1.48. The van der Waals surface area contributed by atoms with Crippen LogP contribution in [0.1, 0.15) is 36.6 Å². The van der Waals surface area contributed by atoms with Gasteiger partial charge in [0, 0.05) is 35.2 Å². The number of nitrogens with zero attached hydrogens (tertiary/aromatic N) is 4. The molecule has 2 fully saturated rings. The minimum atomic E-state index is -0.607. The molecule has 0 bridgehead atoms. The smallest absolute Gasteiger partial charge is 0.203 e. The second kappa shape index (κ2) is 10.3. The van der Waals surface area contributed by atoms with Crippen LogP contribution >= 0.6 is 23.3 Å². The molecular formula is C23H27FN4O2S2. The summed E-state index contributed by atoms with van der Waals surface area (Å²) in [5, 5.41) is 6.10. The number of Topliss-reactive ketones (excluding diaryl/α,β-unsaturated/α-hetero) is 1. The number of piperidine rings is 1. The maximum absolute atomic E-state index is 14.7. The van der Waals surface area contributed by atoms with E-state index >= 15 is 0 Å². The third-order valence-corrected chi connectivity index (χ3v) is 7.46. The molecule has 0 radical (unpaired) electrons. The van der Waals surface area contributed by atoms with Crippen LogP contribution in [0.5, 0.6) is 0 Å². The Kier molecular flexibility index (Phi) is 7.50. The van der Waals surface area contributed by atoms with Crippen LogP contribution in [0, 0.1) is 11.7 Å². The van der Waals surface area contributed by atoms with Gasteiger partial charge in [-0.15, -0.1) is 5.10 Å². The zero-order valence-electron chi connectivity index (χ0n) is 18.2. The van der Waals surface area contributed by atoms with Gasteiger partial charge in [0.15, 0.2) is 5.78 Å². The molecule has 1 saturated carbocycles. The molecule has 1 aliphatic heterocycles. The van der Waals surface area contributed by atoms with Gasteiger partial charge in [0.25, 0.3) is 0 Å². The predicted octanol–water partition coefficient (Wildman–Crippen LogP) is 3.68. The minimum Gasteiger partial charge on any atom is -0.302 e. The molecule has 0 spiro atoms. The largest absolute Gasteiger partial charge is 0.302 e. The van der Waals surface area contributed by atoms with Gasteiger partial charge in [0.05, 0.1) is 18.3 Å². The van der Waals surface area contributed by atoms with Gasteiger partial charge in [0.2, 0.25) is 5.12 Å². The molecule has 1 aliphatic carbocycles. The van der Waals surface area contributed by atoms with Crippen molar-refractivity contribution in [3.8, 4) is 0 Å². The number of aromatic nitrogens is 2. The molecular weight excluding hydrogens is 447 g/mol. The van der Waals surface area contributed by atoms with E-state index in [2.05, 4.69) is 14.5 Å². The number of hydrogen-bond donors (Lipinski definition) is 0. The number of benzene rings is 1. The summed E-state index contributed by atoms with van der Waals surface area (Å²) < 4.78 is 18.7. The Balaban J connectivity index is 1.61. The highest BCUT2D eigenvalue weighted by Crippen LogP contribution is 2.40. The molecule has 32 heavy (non-hydrogen) atoms. The molecule has 4 rings (SSSR count). The Labute approximate surface area is 196 Å². The molecule has 1 saturated heterocycles. The summed E-state index contributed by atoms with van der Waals surface area (Å²) in [6, 6.07) is 5.96. The van der Waals surface area contributed by atoms with Crippen molar-refractivity contribution >= 4 is 40.3 Å². The average molecular weight is 475 g/mol. The first-order chi connectivity index (χ1) is 15.4. The van der Waals surface area contributed by atoms with E-state index in [4.69, 9.17) is 0 Å². The highest BCUT2D eigenvalue weighted by atomic mass is 32.2. The molecule has 0 N–H and O–H groups in total. The molecule has 9 heteroatoms. The Hall–Kier alpha value is -1.94. The third-order valence-electron chi connectivity index (χ3n) is 5.72. The van der Waals surface area contributed by atoms with E-state index in [0.29, 0.717) is 31.6 Å². The van der Waals surface area contributed by atoms with Gasteiger partial charge in [-0.05, 0) is 62.6 Å². The van der Waals surface area contributed by atoms with Crippen molar-refractivity contribution < 1.29 is 14.0 Å². The van der Waals surface area contributed by atoms with Crippen LogP contribution in [0.25, 0.3) is 6.08 Å². The first-order valence-electron chi connectivity index (χ1n) is 10.8. The van der Waals surface area contributed by atoms with E-state index in [9.17, 15) is 14.0 Å². The number of likely N-dealkylation sites (N-methyl/N-ethyl adjacent to an activating group) is 1. The van der Waals surface area contributed by atoms with Crippen LogP contribution in [0.2, 0.25) is 0 Å². The van der Waals surface area contributed by atoms with Gasteiger partial charge in [-0.2, -0.15) is 0 Å². The van der Waals surface area contributed by atoms with Gasteiger partial charge in [-0.3, -0.25) is 14.5 Å². The van der Waals surface area contributed by atoms with Gasteiger partial charge in [-0.25, -0.2) is 4.39 Å². The van der Waals surface area contributed by atoms with E-state index < -0.39 is 6.04 Å². The highest BCUT2D eigenvalue weighted by molar-refractivity contribution is 8.14. The van der Waals surface area contributed by atoms with Crippen molar-refractivity contribution in [2.45, 2.75) is 30.6 Å². The molecule has 1 aromatic carbocycles. The maximum atomic E-state index is 14.7. The summed E-state index contributed by atoms with van der Waals surface area (Å²) in [7, 11) is 3.75. The lowest BCUT2D eigenvalue weighted by molar-refractivity contribution is -0.126. The van der Waals surface area contributed by atoms with Crippen LogP contribution in [0.3, 0.4) is 0 Å². The number of hydrogen-bond acceptors (Lipinski definition) is 8. The lowest BCUT2D eigenvalue weighted by atomic mass is 9.93. The fourth-order valence-electron chi connectivity index (χ4n) is 4.07. The van der Waals surface area contributed by atoms with Crippen molar-refractivity contribution in [1.82, 2.24) is 19.4 Å². The molecule has 170 valence electrons. The molecule has 6 nitrogen and oxygen atoms in total. The lowest BCUT2D eigenvalue weighted by Gasteiger charge is -2.38. The maximum Gasteiger partial charge on any atom is 0.203 e. The molecule has 1 aromatic heterocycles. The van der Waals surface area contributed by atoms with Crippen LogP contribution in [-0.2, 0) is 9.59 Å². The van der Waals surface area contributed by atoms with Crippen LogP contribution in [0.4, 0.5) is 4.39 Å². The van der Waals surface area contributed by atoms with Gasteiger partial charge in [0.1, 0.15) is 5.82 Å². The van der Waals surface area contributed by atoms with Crippen molar-refractivity contribution in [3.05, 3.63) is 52.3 Å². The fraction of sp³-hybridized carbons (Fsp3) is 0.478. The monoisotopic (exact) mass is 474 g/mol. The van der Waals surface area contributed by atoms with Gasteiger partial charge >= 0.3 is 0 Å². The van der Waals surface area contributed by atoms with Crippen molar-refractivity contribution in [2.75, 3.05) is 33.7 Å². The van der Waals surface area contributed by atoms with Crippen LogP contribution < -0.4 is 0 Å². The van der Waals surface area contributed by atoms with Crippen LogP contribution in [-0.4, -0.2) is 69.3 Å². The summed E-state index contributed by atoms with van der Waals surface area (Å²) >= 11 is 2.61. The average Bonchev–Trinajstić information content (AvgIpc) is 3.48. The number of likely N-dealkylation sites (tertiary alicyclic amines) is 1. The number of rotatable bonds is 8. The first kappa shape index (κ1) is 23.2. The molecule has 2 aromatic rings. The molecule has 2 aliphatic rings. The van der Waals surface area contributed by atoms with E-state index in [1.54, 1.807) is 18.2 Å². The number of halogens is 1. The lowest BCUT2D eigenvalue weighted by Crippen LogP contribution is -2.43. The van der Waals surface area contributed by atoms with E-state index in [1.807, 2.05) is 30.5 Å². The molecule has 0 amide bonds. The molecule has 2 unspecified atom stereocenters. The van der Waals surface area contributed by atoms with E-state index in [0.717, 1.165) is 24.1 Å². The summed E-state index contributed by atoms with van der Waals surface area (Å²) in [6.07, 6.45) is 4.43. The Bertz CT molecular complexity index is 992. The summed E-state index contributed by atoms with van der Waals surface area (Å²) in [5.41, 5.74) is 2.20. The van der Waals surface area contributed by atoms with Crippen LogP contribution in [0.15, 0.2) is 35.2 Å². The van der Waals surface area contributed by atoms with Crippen molar-refractivity contribution in [3.63, 3.8) is 0 Å². The quantitative estimate of drug-likeness (QED) is 0.578. The fourth-order valence-corrected chi connectivity index (χ4v) is 5.65. The predicted molar refractivity (Wildman–Crippen MR) is 126 cm³/mol. The van der Waals surface area contributed by atoms with Gasteiger partial charge in [-0.1, -0.05) is 34.4 Å². The number of thioether (sulfide) groups is 1. The highest BCUT2D eigenvalue weighted by Gasteiger charge is 2.41. The second-order valence-corrected chi connectivity index (χ2v) is 10.5. The number of carbonyl (C=O) groups excluding carboxylic acids is 2. The summed E-state index contributed by atoms with van der Waals surface area (Å²) in [4.78, 5) is 29.7. The second-order valence-electron chi connectivity index (χ2n) is 8.63.